The summed E-state index contributed by atoms with van der Waals surface area (Å²) in [7, 11) is 1.62. The Labute approximate surface area is 154 Å². The summed E-state index contributed by atoms with van der Waals surface area (Å²) >= 11 is 3.50. The largest absolute Gasteiger partial charge is 0.465 e. The summed E-state index contributed by atoms with van der Waals surface area (Å²) < 4.78 is 2.77. The maximum atomic E-state index is 11.1. The fourth-order valence-corrected chi connectivity index (χ4v) is 3.86. The molecule has 0 bridgehead atoms. The number of rotatable bonds is 3. The van der Waals surface area contributed by atoms with Gasteiger partial charge in [0.1, 0.15) is 15.9 Å². The van der Waals surface area contributed by atoms with E-state index >= 15 is 0 Å². The molecule has 3 rings (SSSR count). The molecule has 1 aliphatic carbocycles. The highest BCUT2D eigenvalue weighted by molar-refractivity contribution is 9.10. The number of halogens is 1. The zero-order valence-corrected chi connectivity index (χ0v) is 16.1. The number of allylic oxidation sites excluding steroid dienone is 1. The van der Waals surface area contributed by atoms with E-state index in [1.807, 2.05) is 0 Å². The van der Waals surface area contributed by atoms with Crippen molar-refractivity contribution < 1.29 is 9.90 Å². The number of carbonyl (C=O) groups is 1. The first kappa shape index (κ1) is 17.7. The Morgan fingerprint density at radius 1 is 1.52 bits per heavy atom. The molecule has 8 heteroatoms. The molecule has 2 aromatic rings. The SMILES string of the molecule is CC(C)c1nc(Br)c2c(N)ncc(C3=CCC(N(C)C(=O)O)CC3)n12. The second-order valence-electron chi connectivity index (χ2n) is 6.68. The van der Waals surface area contributed by atoms with E-state index in [4.69, 9.17) is 10.8 Å². The van der Waals surface area contributed by atoms with Crippen LogP contribution in [0, 0.1) is 0 Å². The fourth-order valence-electron chi connectivity index (χ4n) is 3.30. The second-order valence-corrected chi connectivity index (χ2v) is 7.43. The third kappa shape index (κ3) is 3.10. The monoisotopic (exact) mass is 407 g/mol. The van der Waals surface area contributed by atoms with Crippen LogP contribution in [0.5, 0.6) is 0 Å². The lowest BCUT2D eigenvalue weighted by Crippen LogP contribution is -2.36. The number of nitrogens with zero attached hydrogens (tertiary/aromatic N) is 4. The minimum atomic E-state index is -0.890. The molecule has 0 radical (unpaired) electrons. The number of hydrogen-bond donors (Lipinski definition) is 2. The van der Waals surface area contributed by atoms with E-state index in [1.165, 1.54) is 4.90 Å². The molecule has 3 N–H and O–H groups in total. The average molecular weight is 408 g/mol. The maximum absolute atomic E-state index is 11.1. The molecule has 25 heavy (non-hydrogen) atoms. The third-order valence-corrected chi connectivity index (χ3v) is 5.30. The van der Waals surface area contributed by atoms with Gasteiger partial charge in [0.05, 0.1) is 11.9 Å². The Morgan fingerprint density at radius 3 is 2.80 bits per heavy atom. The Morgan fingerprint density at radius 2 is 2.24 bits per heavy atom. The van der Waals surface area contributed by atoms with E-state index in [0.29, 0.717) is 16.8 Å². The first-order valence-corrected chi connectivity index (χ1v) is 9.08. The Balaban J connectivity index is 2.05. The smallest absolute Gasteiger partial charge is 0.407 e. The third-order valence-electron chi connectivity index (χ3n) is 4.75. The van der Waals surface area contributed by atoms with Crippen molar-refractivity contribution in [3.05, 3.63) is 28.4 Å². The molecule has 1 atom stereocenters. The minimum Gasteiger partial charge on any atom is -0.465 e. The molecule has 134 valence electrons. The molecule has 0 saturated carbocycles. The zero-order valence-electron chi connectivity index (χ0n) is 14.5. The number of nitrogens with two attached hydrogens (primary N) is 1. The summed E-state index contributed by atoms with van der Waals surface area (Å²) in [6, 6.07) is 0.0116. The van der Waals surface area contributed by atoms with Gasteiger partial charge in [-0.15, -0.1) is 0 Å². The molecule has 2 heterocycles. The van der Waals surface area contributed by atoms with E-state index in [9.17, 15) is 4.79 Å². The normalized spacial score (nSPS) is 17.8. The summed E-state index contributed by atoms with van der Waals surface area (Å²) in [5.41, 5.74) is 8.98. The van der Waals surface area contributed by atoms with Gasteiger partial charge < -0.3 is 15.7 Å². The van der Waals surface area contributed by atoms with Crippen LogP contribution in [-0.2, 0) is 0 Å². The first-order valence-electron chi connectivity index (χ1n) is 8.28. The standard InChI is InChI=1S/C17H22BrN5O2/c1-9(2)16-21-14(18)13-15(19)20-8-12(23(13)16)10-4-6-11(7-5-10)22(3)17(24)25/h4,8-9,11H,5-7H2,1-3H3,(H2,19,20)(H,24,25). The maximum Gasteiger partial charge on any atom is 0.407 e. The summed E-state index contributed by atoms with van der Waals surface area (Å²) in [6.07, 6.45) is 5.27. The lowest BCUT2D eigenvalue weighted by Gasteiger charge is -2.29. The van der Waals surface area contributed by atoms with Crippen molar-refractivity contribution in [1.29, 1.82) is 0 Å². The van der Waals surface area contributed by atoms with Crippen LogP contribution < -0.4 is 5.73 Å². The second kappa shape index (κ2) is 6.67. The quantitative estimate of drug-likeness (QED) is 0.807. The summed E-state index contributed by atoms with van der Waals surface area (Å²) in [6.45, 7) is 4.18. The van der Waals surface area contributed by atoms with Crippen molar-refractivity contribution in [2.24, 2.45) is 0 Å². The molecule has 0 fully saturated rings. The lowest BCUT2D eigenvalue weighted by atomic mass is 9.92. The highest BCUT2D eigenvalue weighted by Crippen LogP contribution is 2.34. The average Bonchev–Trinajstić information content (AvgIpc) is 2.93. The summed E-state index contributed by atoms with van der Waals surface area (Å²) in [4.78, 5) is 21.5. The Kier molecular flexibility index (Phi) is 4.73. The van der Waals surface area contributed by atoms with Crippen molar-refractivity contribution in [1.82, 2.24) is 19.3 Å². The molecule has 1 amide bonds. The predicted octanol–water partition coefficient (Wildman–Crippen LogP) is 3.74. The summed E-state index contributed by atoms with van der Waals surface area (Å²) in [5, 5.41) is 9.15. The highest BCUT2D eigenvalue weighted by Gasteiger charge is 2.25. The molecule has 0 spiro atoms. The molecule has 0 aliphatic heterocycles. The van der Waals surface area contributed by atoms with Crippen LogP contribution in [0.1, 0.15) is 50.5 Å². The lowest BCUT2D eigenvalue weighted by molar-refractivity contribution is 0.135. The van der Waals surface area contributed by atoms with Crippen molar-refractivity contribution in [2.45, 2.75) is 45.1 Å². The van der Waals surface area contributed by atoms with Gasteiger partial charge in [-0.05, 0) is 40.8 Å². The molecule has 0 aromatic carbocycles. The molecular formula is C17H22BrN5O2. The van der Waals surface area contributed by atoms with Crippen molar-refractivity contribution >= 4 is 38.9 Å². The van der Waals surface area contributed by atoms with Gasteiger partial charge in [-0.1, -0.05) is 19.9 Å². The number of nitrogen functional groups attached to an aromatic ring is 1. The van der Waals surface area contributed by atoms with E-state index in [2.05, 4.69) is 50.2 Å². The molecule has 0 saturated heterocycles. The molecule has 2 aromatic heterocycles. The highest BCUT2D eigenvalue weighted by atomic mass is 79.9. The number of imidazole rings is 1. The van der Waals surface area contributed by atoms with Gasteiger partial charge >= 0.3 is 6.09 Å². The Bertz CT molecular complexity index is 858. The number of carboxylic acid groups (broad SMARTS) is 1. The van der Waals surface area contributed by atoms with Gasteiger partial charge in [0, 0.05) is 19.0 Å². The molecule has 1 unspecified atom stereocenters. The fraction of sp³-hybridized carbons (Fsp3) is 0.471. The number of hydrogen-bond acceptors (Lipinski definition) is 4. The van der Waals surface area contributed by atoms with E-state index < -0.39 is 6.09 Å². The molecular weight excluding hydrogens is 386 g/mol. The van der Waals surface area contributed by atoms with Crippen LogP contribution in [0.3, 0.4) is 0 Å². The Hall–Kier alpha value is -2.09. The van der Waals surface area contributed by atoms with Crippen molar-refractivity contribution in [3.8, 4) is 0 Å². The van der Waals surface area contributed by atoms with Gasteiger partial charge in [-0.25, -0.2) is 14.8 Å². The zero-order chi connectivity index (χ0) is 18.3. The van der Waals surface area contributed by atoms with Gasteiger partial charge in [0.15, 0.2) is 5.82 Å². The van der Waals surface area contributed by atoms with Gasteiger partial charge in [0.25, 0.3) is 0 Å². The van der Waals surface area contributed by atoms with E-state index in [1.54, 1.807) is 13.2 Å². The predicted molar refractivity (Wildman–Crippen MR) is 101 cm³/mol. The number of anilines is 1. The van der Waals surface area contributed by atoms with E-state index in [-0.39, 0.29) is 12.0 Å². The van der Waals surface area contributed by atoms with E-state index in [0.717, 1.165) is 35.4 Å². The van der Waals surface area contributed by atoms with Crippen LogP contribution in [0.25, 0.3) is 11.1 Å². The van der Waals surface area contributed by atoms with Crippen LogP contribution in [0.2, 0.25) is 0 Å². The number of amides is 1. The topological polar surface area (TPSA) is 96.8 Å². The minimum absolute atomic E-state index is 0.0116. The van der Waals surface area contributed by atoms with Gasteiger partial charge in [-0.2, -0.15) is 0 Å². The van der Waals surface area contributed by atoms with Crippen molar-refractivity contribution in [2.75, 3.05) is 12.8 Å². The molecule has 1 aliphatic rings. The number of aromatic nitrogens is 3. The van der Waals surface area contributed by atoms with Gasteiger partial charge in [0.2, 0.25) is 0 Å². The first-order chi connectivity index (χ1) is 11.8. The van der Waals surface area contributed by atoms with Crippen LogP contribution in [0.4, 0.5) is 10.6 Å². The molecule has 7 nitrogen and oxygen atoms in total. The summed E-state index contributed by atoms with van der Waals surface area (Å²) in [5.74, 6) is 1.60. The van der Waals surface area contributed by atoms with Crippen LogP contribution in [-0.4, -0.2) is 43.6 Å². The van der Waals surface area contributed by atoms with Crippen LogP contribution >= 0.6 is 15.9 Å². The van der Waals surface area contributed by atoms with Gasteiger partial charge in [-0.3, -0.25) is 4.40 Å². The van der Waals surface area contributed by atoms with Crippen LogP contribution in [0.15, 0.2) is 16.9 Å². The number of fused-ring (bicyclic) bond motifs is 1. The van der Waals surface area contributed by atoms with Crippen molar-refractivity contribution in [3.63, 3.8) is 0 Å².